The minimum absolute atomic E-state index is 0.130. The van der Waals surface area contributed by atoms with E-state index in [0.717, 1.165) is 5.57 Å². The monoisotopic (exact) mass is 442 g/mol. The summed E-state index contributed by atoms with van der Waals surface area (Å²) in [4.78, 5) is 11.4. The van der Waals surface area contributed by atoms with Crippen molar-refractivity contribution in [3.8, 4) is 11.5 Å². The Labute approximate surface area is 192 Å². The number of aromatic hydroxyl groups is 2. The molecular weight excluding hydrogens is 404 g/mol. The maximum absolute atomic E-state index is 11.4. The summed E-state index contributed by atoms with van der Waals surface area (Å²) in [6, 6.07) is 3.08. The van der Waals surface area contributed by atoms with E-state index in [1.165, 1.54) is 11.6 Å². The van der Waals surface area contributed by atoms with E-state index in [9.17, 15) is 25.2 Å². The summed E-state index contributed by atoms with van der Waals surface area (Å²) < 4.78 is 0. The lowest BCUT2D eigenvalue weighted by molar-refractivity contribution is -0.132. The van der Waals surface area contributed by atoms with E-state index in [4.69, 9.17) is 0 Å². The van der Waals surface area contributed by atoms with Crippen molar-refractivity contribution in [3.63, 3.8) is 0 Å². The van der Waals surface area contributed by atoms with Crippen LogP contribution in [0.1, 0.15) is 70.4 Å². The smallest absolute Gasteiger partial charge is 0.331 e. The lowest BCUT2D eigenvalue weighted by Crippen LogP contribution is -2.09. The van der Waals surface area contributed by atoms with Gasteiger partial charge in [0, 0.05) is 11.1 Å². The van der Waals surface area contributed by atoms with Gasteiger partial charge in [0.15, 0.2) is 0 Å². The van der Waals surface area contributed by atoms with E-state index in [-0.39, 0.29) is 11.5 Å². The van der Waals surface area contributed by atoms with E-state index in [0.29, 0.717) is 67.2 Å². The Bertz CT molecular complexity index is 886. The molecule has 1 unspecified atom stereocenters. The third kappa shape index (κ3) is 10.0. The minimum Gasteiger partial charge on any atom is -0.508 e. The number of benzene rings is 1. The molecule has 0 aliphatic heterocycles. The molecule has 0 aliphatic carbocycles. The maximum Gasteiger partial charge on any atom is 0.331 e. The van der Waals surface area contributed by atoms with E-state index >= 15 is 0 Å². The van der Waals surface area contributed by atoms with E-state index in [1.54, 1.807) is 19.1 Å². The quantitative estimate of drug-likeness (QED) is 0.167. The lowest BCUT2D eigenvalue weighted by atomic mass is 9.97. The number of aliphatic carboxylic acids is 1. The van der Waals surface area contributed by atoms with Crippen molar-refractivity contribution < 1.29 is 25.2 Å². The van der Waals surface area contributed by atoms with Gasteiger partial charge in [-0.05, 0) is 95.9 Å². The molecule has 0 saturated carbocycles. The Morgan fingerprint density at radius 3 is 2.31 bits per heavy atom. The number of aryl methyl sites for hydroxylation is 1. The zero-order valence-corrected chi connectivity index (χ0v) is 19.8. The number of phenolic OH excluding ortho intramolecular Hbond substituents is 2. The molecule has 0 saturated heterocycles. The second-order valence-electron chi connectivity index (χ2n) is 8.63. The van der Waals surface area contributed by atoms with Crippen LogP contribution in [-0.2, 0) is 11.2 Å². The highest BCUT2D eigenvalue weighted by molar-refractivity contribution is 5.86. The van der Waals surface area contributed by atoms with Crippen LogP contribution in [0.15, 0.2) is 59.2 Å². The van der Waals surface area contributed by atoms with Crippen LogP contribution in [0.4, 0.5) is 0 Å². The zero-order chi connectivity index (χ0) is 24.3. The van der Waals surface area contributed by atoms with Crippen molar-refractivity contribution in [2.24, 2.45) is 0 Å². The summed E-state index contributed by atoms with van der Waals surface area (Å²) in [5, 5.41) is 39.6. The van der Waals surface area contributed by atoms with Crippen molar-refractivity contribution in [1.82, 2.24) is 0 Å². The first-order valence-electron chi connectivity index (χ1n) is 11.1. The number of hydrogen-bond acceptors (Lipinski definition) is 4. The summed E-state index contributed by atoms with van der Waals surface area (Å²) in [5.41, 5.74) is 4.64. The number of rotatable bonds is 13. The number of hydrogen-bond donors (Lipinski definition) is 4. The van der Waals surface area contributed by atoms with Gasteiger partial charge >= 0.3 is 5.97 Å². The number of aliphatic hydroxyl groups is 1. The molecule has 1 rings (SSSR count). The molecule has 0 spiro atoms. The Morgan fingerprint density at radius 2 is 1.69 bits per heavy atom. The Balaban J connectivity index is 2.51. The van der Waals surface area contributed by atoms with Crippen molar-refractivity contribution in [2.75, 3.05) is 0 Å². The average molecular weight is 443 g/mol. The van der Waals surface area contributed by atoms with Gasteiger partial charge in [0.2, 0.25) is 0 Å². The summed E-state index contributed by atoms with van der Waals surface area (Å²) in [7, 11) is 0. The zero-order valence-electron chi connectivity index (χ0n) is 19.8. The van der Waals surface area contributed by atoms with Gasteiger partial charge in [-0.2, -0.15) is 0 Å². The van der Waals surface area contributed by atoms with Gasteiger partial charge in [-0.1, -0.05) is 36.0 Å². The SMILES string of the molecule is C=C(CC/C=C(/CCC=C(C)C)C(=O)O)C(O)CC/C(C)=C/Cc1cc(O)cc(C)c1O. The molecule has 0 bridgehead atoms. The highest BCUT2D eigenvalue weighted by Crippen LogP contribution is 2.28. The van der Waals surface area contributed by atoms with Crippen LogP contribution in [0.2, 0.25) is 0 Å². The van der Waals surface area contributed by atoms with Crippen LogP contribution in [-0.4, -0.2) is 32.5 Å². The van der Waals surface area contributed by atoms with E-state index in [1.807, 2.05) is 32.9 Å². The van der Waals surface area contributed by atoms with Crippen LogP contribution in [0.25, 0.3) is 0 Å². The highest BCUT2D eigenvalue weighted by atomic mass is 16.4. The summed E-state index contributed by atoms with van der Waals surface area (Å²) in [6.07, 6.45) is 9.08. The molecule has 1 aromatic carbocycles. The fourth-order valence-electron chi connectivity index (χ4n) is 3.35. The fraction of sp³-hybridized carbons (Fsp3) is 0.444. The number of carbonyl (C=O) groups is 1. The summed E-state index contributed by atoms with van der Waals surface area (Å²) in [5.74, 6) is -0.577. The molecular formula is C27H38O5. The van der Waals surface area contributed by atoms with Gasteiger partial charge in [0.25, 0.3) is 0 Å². The standard InChI is InChI=1S/C27H38O5/c1-18(2)8-6-10-22(27(31)32)11-7-9-20(4)25(29)15-13-19(3)12-14-23-17-24(28)16-21(5)26(23)30/h8,11-12,16-17,25,28-30H,4,6-7,9-10,13-15H2,1-3,5H3,(H,31,32)/b19-12+,22-11-. The number of carboxylic acid groups (broad SMARTS) is 1. The van der Waals surface area contributed by atoms with Gasteiger partial charge in [0.1, 0.15) is 11.5 Å². The normalized spacial score (nSPS) is 13.0. The Hall–Kier alpha value is -2.79. The number of allylic oxidation sites excluding steroid dienone is 5. The van der Waals surface area contributed by atoms with Crippen molar-refractivity contribution in [3.05, 3.63) is 70.4 Å². The second kappa shape index (κ2) is 13.6. The second-order valence-corrected chi connectivity index (χ2v) is 8.63. The molecule has 0 aromatic heterocycles. The van der Waals surface area contributed by atoms with Crippen LogP contribution in [0.5, 0.6) is 11.5 Å². The van der Waals surface area contributed by atoms with Crippen molar-refractivity contribution in [1.29, 1.82) is 0 Å². The predicted molar refractivity (Wildman–Crippen MR) is 130 cm³/mol. The summed E-state index contributed by atoms with van der Waals surface area (Å²) in [6.45, 7) is 11.7. The topological polar surface area (TPSA) is 98.0 Å². The molecule has 5 nitrogen and oxygen atoms in total. The molecule has 1 atom stereocenters. The average Bonchev–Trinajstić information content (AvgIpc) is 2.71. The van der Waals surface area contributed by atoms with Gasteiger partial charge in [0.05, 0.1) is 6.10 Å². The van der Waals surface area contributed by atoms with Gasteiger partial charge in [-0.15, -0.1) is 0 Å². The van der Waals surface area contributed by atoms with Crippen molar-refractivity contribution >= 4 is 5.97 Å². The summed E-state index contributed by atoms with van der Waals surface area (Å²) >= 11 is 0. The first-order valence-corrected chi connectivity index (χ1v) is 11.1. The number of carboxylic acids is 1. The van der Waals surface area contributed by atoms with Crippen molar-refractivity contribution in [2.45, 2.75) is 78.7 Å². The highest BCUT2D eigenvalue weighted by Gasteiger charge is 2.11. The molecule has 5 heteroatoms. The molecule has 4 N–H and O–H groups in total. The molecule has 0 fully saturated rings. The Morgan fingerprint density at radius 1 is 1.03 bits per heavy atom. The molecule has 176 valence electrons. The molecule has 0 heterocycles. The van der Waals surface area contributed by atoms with Crippen LogP contribution in [0.3, 0.4) is 0 Å². The molecule has 0 radical (unpaired) electrons. The van der Waals surface area contributed by atoms with E-state index in [2.05, 4.69) is 6.58 Å². The van der Waals surface area contributed by atoms with Gasteiger partial charge < -0.3 is 20.4 Å². The molecule has 0 aliphatic rings. The molecule has 0 amide bonds. The number of phenols is 2. The Kier molecular flexibility index (Phi) is 11.6. The van der Waals surface area contributed by atoms with Gasteiger partial charge in [-0.25, -0.2) is 4.79 Å². The number of aliphatic hydroxyl groups excluding tert-OH is 1. The van der Waals surface area contributed by atoms with Crippen LogP contribution < -0.4 is 0 Å². The fourth-order valence-corrected chi connectivity index (χ4v) is 3.35. The molecule has 1 aromatic rings. The van der Waals surface area contributed by atoms with Crippen LogP contribution in [0, 0.1) is 6.92 Å². The van der Waals surface area contributed by atoms with Gasteiger partial charge in [-0.3, -0.25) is 0 Å². The lowest BCUT2D eigenvalue weighted by Gasteiger charge is -2.14. The largest absolute Gasteiger partial charge is 0.508 e. The molecule has 32 heavy (non-hydrogen) atoms. The first-order chi connectivity index (χ1) is 15.0. The third-order valence-electron chi connectivity index (χ3n) is 5.42. The predicted octanol–water partition coefficient (Wildman–Crippen LogP) is 6.13. The first kappa shape index (κ1) is 27.2. The maximum atomic E-state index is 11.4. The van der Waals surface area contributed by atoms with Crippen LogP contribution >= 0.6 is 0 Å². The minimum atomic E-state index is -0.896. The third-order valence-corrected chi connectivity index (χ3v) is 5.42. The van der Waals surface area contributed by atoms with E-state index < -0.39 is 12.1 Å².